The summed E-state index contributed by atoms with van der Waals surface area (Å²) < 4.78 is 29.3. The third-order valence-electron chi connectivity index (χ3n) is 4.00. The summed E-state index contributed by atoms with van der Waals surface area (Å²) in [5.41, 5.74) is 0.785. The molecular formula is C19H20FNO4. The molecule has 1 aliphatic rings. The third-order valence-corrected chi connectivity index (χ3v) is 4.00. The number of ether oxygens (including phenoxy) is 3. The number of rotatable bonds is 7. The lowest BCUT2D eigenvalue weighted by Gasteiger charge is -2.38. The van der Waals surface area contributed by atoms with E-state index >= 15 is 0 Å². The van der Waals surface area contributed by atoms with Crippen molar-refractivity contribution in [1.82, 2.24) is 4.90 Å². The number of hydrogen-bond acceptors (Lipinski definition) is 4. The maximum Gasteiger partial charge on any atom is 0.260 e. The minimum absolute atomic E-state index is 0.0110. The van der Waals surface area contributed by atoms with E-state index in [1.165, 1.54) is 12.1 Å². The predicted molar refractivity (Wildman–Crippen MR) is 90.0 cm³/mol. The van der Waals surface area contributed by atoms with Crippen LogP contribution in [0.25, 0.3) is 0 Å². The molecule has 2 aromatic rings. The lowest BCUT2D eigenvalue weighted by Crippen LogP contribution is -2.55. The molecule has 6 heteroatoms. The second kappa shape index (κ2) is 7.98. The molecule has 132 valence electrons. The van der Waals surface area contributed by atoms with Crippen LogP contribution in [0.3, 0.4) is 0 Å². The molecular weight excluding hydrogens is 325 g/mol. The van der Waals surface area contributed by atoms with Gasteiger partial charge in [0.25, 0.3) is 5.91 Å². The smallest absolute Gasteiger partial charge is 0.260 e. The van der Waals surface area contributed by atoms with Gasteiger partial charge in [0.05, 0.1) is 19.8 Å². The second-order valence-corrected chi connectivity index (χ2v) is 5.83. The molecule has 0 radical (unpaired) electrons. The fraction of sp³-hybridized carbons (Fsp3) is 0.316. The Hall–Kier alpha value is -2.60. The summed E-state index contributed by atoms with van der Waals surface area (Å²) in [5, 5.41) is 0. The molecule has 5 nitrogen and oxygen atoms in total. The van der Waals surface area contributed by atoms with Crippen molar-refractivity contribution in [3.63, 3.8) is 0 Å². The highest BCUT2D eigenvalue weighted by atomic mass is 19.1. The van der Waals surface area contributed by atoms with E-state index in [9.17, 15) is 9.18 Å². The molecule has 0 spiro atoms. The molecule has 0 saturated carbocycles. The summed E-state index contributed by atoms with van der Waals surface area (Å²) in [6.45, 7) is 1.38. The SMILES string of the molecule is COc1ccc(OCC(=O)N2CC(OCc3cccc(F)c3)C2)cc1. The van der Waals surface area contributed by atoms with Gasteiger partial charge in [0.2, 0.25) is 0 Å². The predicted octanol–water partition coefficient (Wildman–Crippen LogP) is 2.64. The number of nitrogens with zero attached hydrogens (tertiary/aromatic N) is 1. The molecule has 0 atom stereocenters. The standard InChI is InChI=1S/C19H20FNO4/c1-23-16-5-7-17(8-6-16)25-13-19(22)21-10-18(11-21)24-12-14-3-2-4-15(20)9-14/h2-9,18H,10-13H2,1H3. The van der Waals surface area contributed by atoms with Crippen LogP contribution in [0.5, 0.6) is 11.5 Å². The Kier molecular flexibility index (Phi) is 5.50. The summed E-state index contributed by atoms with van der Waals surface area (Å²) >= 11 is 0. The maximum absolute atomic E-state index is 13.1. The van der Waals surface area contributed by atoms with Gasteiger partial charge in [0.1, 0.15) is 17.3 Å². The van der Waals surface area contributed by atoms with Gasteiger partial charge in [0, 0.05) is 13.1 Å². The lowest BCUT2D eigenvalue weighted by molar-refractivity contribution is -0.148. The molecule has 2 aromatic carbocycles. The van der Waals surface area contributed by atoms with E-state index in [0.717, 1.165) is 11.3 Å². The highest BCUT2D eigenvalue weighted by Crippen LogP contribution is 2.18. The zero-order chi connectivity index (χ0) is 17.6. The summed E-state index contributed by atoms with van der Waals surface area (Å²) in [6, 6.07) is 13.4. The van der Waals surface area contributed by atoms with Crippen molar-refractivity contribution in [2.45, 2.75) is 12.7 Å². The number of hydrogen-bond donors (Lipinski definition) is 0. The van der Waals surface area contributed by atoms with E-state index in [1.54, 1.807) is 42.3 Å². The van der Waals surface area contributed by atoms with Gasteiger partial charge in [-0.15, -0.1) is 0 Å². The molecule has 1 heterocycles. The number of halogens is 1. The fourth-order valence-corrected chi connectivity index (χ4v) is 2.50. The summed E-state index contributed by atoms with van der Waals surface area (Å²) in [7, 11) is 1.59. The first-order chi connectivity index (χ1) is 12.1. The Bertz CT molecular complexity index is 714. The Balaban J connectivity index is 1.36. The molecule has 0 aromatic heterocycles. The monoisotopic (exact) mass is 345 g/mol. The van der Waals surface area contributed by atoms with Crippen molar-refractivity contribution in [3.8, 4) is 11.5 Å². The van der Waals surface area contributed by atoms with Gasteiger partial charge in [-0.05, 0) is 42.0 Å². The molecule has 0 unspecified atom stereocenters. The maximum atomic E-state index is 13.1. The highest BCUT2D eigenvalue weighted by molar-refractivity contribution is 5.78. The van der Waals surface area contributed by atoms with Crippen LogP contribution in [0.1, 0.15) is 5.56 Å². The van der Waals surface area contributed by atoms with Gasteiger partial charge in [-0.2, -0.15) is 0 Å². The zero-order valence-electron chi connectivity index (χ0n) is 14.0. The first-order valence-electron chi connectivity index (χ1n) is 8.05. The van der Waals surface area contributed by atoms with Crippen molar-refractivity contribution in [2.75, 3.05) is 26.8 Å². The molecule has 1 fully saturated rings. The molecule has 1 aliphatic heterocycles. The van der Waals surface area contributed by atoms with Crippen LogP contribution in [0.2, 0.25) is 0 Å². The molecule has 0 N–H and O–H groups in total. The van der Waals surface area contributed by atoms with Crippen LogP contribution < -0.4 is 9.47 Å². The van der Waals surface area contributed by atoms with Gasteiger partial charge in [0.15, 0.2) is 6.61 Å². The highest BCUT2D eigenvalue weighted by Gasteiger charge is 2.31. The van der Waals surface area contributed by atoms with Crippen molar-refractivity contribution in [1.29, 1.82) is 0 Å². The number of carbonyl (C=O) groups is 1. The number of carbonyl (C=O) groups excluding carboxylic acids is 1. The van der Waals surface area contributed by atoms with Crippen LogP contribution in [-0.2, 0) is 16.1 Å². The minimum Gasteiger partial charge on any atom is -0.497 e. The van der Waals surface area contributed by atoms with Crippen LogP contribution in [-0.4, -0.2) is 43.7 Å². The first-order valence-corrected chi connectivity index (χ1v) is 8.05. The van der Waals surface area contributed by atoms with E-state index < -0.39 is 0 Å². The summed E-state index contributed by atoms with van der Waals surface area (Å²) in [5.74, 6) is 0.997. The van der Waals surface area contributed by atoms with Crippen molar-refractivity contribution in [2.24, 2.45) is 0 Å². The fourth-order valence-electron chi connectivity index (χ4n) is 2.50. The Morgan fingerprint density at radius 1 is 1.16 bits per heavy atom. The average molecular weight is 345 g/mol. The molecule has 0 aliphatic carbocycles. The van der Waals surface area contributed by atoms with E-state index in [-0.39, 0.29) is 24.4 Å². The number of amides is 1. The summed E-state index contributed by atoms with van der Waals surface area (Å²) in [6.07, 6.45) is -0.0202. The Morgan fingerprint density at radius 2 is 1.88 bits per heavy atom. The number of methoxy groups -OCH3 is 1. The minimum atomic E-state index is -0.276. The molecule has 0 bridgehead atoms. The van der Waals surface area contributed by atoms with Crippen LogP contribution in [0, 0.1) is 5.82 Å². The molecule has 1 saturated heterocycles. The average Bonchev–Trinajstić information content (AvgIpc) is 2.59. The van der Waals surface area contributed by atoms with Gasteiger partial charge < -0.3 is 19.1 Å². The van der Waals surface area contributed by atoms with Crippen molar-refractivity contribution >= 4 is 5.91 Å². The number of benzene rings is 2. The van der Waals surface area contributed by atoms with Gasteiger partial charge in [-0.3, -0.25) is 4.79 Å². The molecule has 3 rings (SSSR count). The summed E-state index contributed by atoms with van der Waals surface area (Å²) in [4.78, 5) is 13.7. The molecule has 25 heavy (non-hydrogen) atoms. The quantitative estimate of drug-likeness (QED) is 0.774. The number of likely N-dealkylation sites (tertiary alicyclic amines) is 1. The van der Waals surface area contributed by atoms with Crippen molar-refractivity contribution < 1.29 is 23.4 Å². The van der Waals surface area contributed by atoms with E-state index in [4.69, 9.17) is 14.2 Å². The van der Waals surface area contributed by atoms with Gasteiger partial charge in [-0.1, -0.05) is 12.1 Å². The van der Waals surface area contributed by atoms with Gasteiger partial charge in [-0.25, -0.2) is 4.39 Å². The zero-order valence-corrected chi connectivity index (χ0v) is 14.0. The Labute approximate surface area is 145 Å². The second-order valence-electron chi connectivity index (χ2n) is 5.83. The normalized spacial score (nSPS) is 14.1. The van der Waals surface area contributed by atoms with E-state index in [1.807, 2.05) is 6.07 Å². The van der Waals surface area contributed by atoms with Crippen molar-refractivity contribution in [3.05, 3.63) is 59.9 Å². The largest absolute Gasteiger partial charge is 0.497 e. The van der Waals surface area contributed by atoms with Crippen LogP contribution >= 0.6 is 0 Å². The van der Waals surface area contributed by atoms with Crippen LogP contribution in [0.15, 0.2) is 48.5 Å². The van der Waals surface area contributed by atoms with Crippen LogP contribution in [0.4, 0.5) is 4.39 Å². The topological polar surface area (TPSA) is 48.0 Å². The van der Waals surface area contributed by atoms with E-state index in [2.05, 4.69) is 0 Å². The lowest BCUT2D eigenvalue weighted by atomic mass is 10.1. The third kappa shape index (κ3) is 4.70. The molecule has 1 amide bonds. The van der Waals surface area contributed by atoms with Gasteiger partial charge >= 0.3 is 0 Å². The first kappa shape index (κ1) is 17.2. The Morgan fingerprint density at radius 3 is 2.56 bits per heavy atom. The van der Waals surface area contributed by atoms with E-state index in [0.29, 0.717) is 25.4 Å².